The van der Waals surface area contributed by atoms with Gasteiger partial charge in [0.2, 0.25) is 0 Å². The molecule has 0 unspecified atom stereocenters. The minimum atomic E-state index is -0.325. The van der Waals surface area contributed by atoms with Crippen LogP contribution in [0.3, 0.4) is 0 Å². The van der Waals surface area contributed by atoms with Crippen LogP contribution in [0.1, 0.15) is 0 Å². The van der Waals surface area contributed by atoms with Crippen LogP contribution in [0.2, 0.25) is 0 Å². The smallest absolute Gasteiger partial charge is 0.336 e. The molecule has 0 bridgehead atoms. The number of hydrogen-bond acceptors (Lipinski definition) is 4. The summed E-state index contributed by atoms with van der Waals surface area (Å²) in [6, 6.07) is 8.85. The van der Waals surface area contributed by atoms with Gasteiger partial charge in [0.1, 0.15) is 5.58 Å². The van der Waals surface area contributed by atoms with E-state index in [0.29, 0.717) is 5.58 Å². The highest BCUT2D eigenvalue weighted by molar-refractivity contribution is 7.07. The van der Waals surface area contributed by atoms with Crippen LogP contribution in [0.4, 0.5) is 0 Å². The first kappa shape index (κ1) is 9.30. The van der Waals surface area contributed by atoms with Crippen LogP contribution >= 0.6 is 11.3 Å². The van der Waals surface area contributed by atoms with Crippen molar-refractivity contribution in [2.75, 3.05) is 0 Å². The summed E-state index contributed by atoms with van der Waals surface area (Å²) in [7, 11) is 0. The summed E-state index contributed by atoms with van der Waals surface area (Å²) < 4.78 is 5.06. The fourth-order valence-corrected chi connectivity index (χ4v) is 2.15. The Morgan fingerprint density at radius 3 is 2.94 bits per heavy atom. The highest BCUT2D eigenvalue weighted by Crippen LogP contribution is 2.23. The van der Waals surface area contributed by atoms with Crippen molar-refractivity contribution in [1.29, 1.82) is 0 Å². The lowest BCUT2D eigenvalue weighted by atomic mass is 10.1. The second-order valence-electron chi connectivity index (χ2n) is 3.38. The van der Waals surface area contributed by atoms with Gasteiger partial charge in [-0.3, -0.25) is 0 Å². The standard InChI is InChI=1S/C12H7NO2S/c14-12-4-2-9-5-8(1-3-11(9)15-12)10-6-16-7-13-10/h1-7H. The van der Waals surface area contributed by atoms with Gasteiger partial charge in [-0.1, -0.05) is 0 Å². The zero-order valence-electron chi connectivity index (χ0n) is 8.21. The van der Waals surface area contributed by atoms with Gasteiger partial charge in [-0.2, -0.15) is 0 Å². The van der Waals surface area contributed by atoms with Gasteiger partial charge < -0.3 is 4.42 Å². The quantitative estimate of drug-likeness (QED) is 0.602. The zero-order chi connectivity index (χ0) is 11.0. The van der Waals surface area contributed by atoms with Gasteiger partial charge in [0, 0.05) is 22.4 Å². The molecule has 0 saturated heterocycles. The third-order valence-electron chi connectivity index (χ3n) is 2.35. The molecule has 0 spiro atoms. The molecule has 3 aromatic rings. The molecular weight excluding hydrogens is 222 g/mol. The summed E-state index contributed by atoms with van der Waals surface area (Å²) in [6.07, 6.45) is 0. The van der Waals surface area contributed by atoms with Crippen molar-refractivity contribution in [3.63, 3.8) is 0 Å². The Morgan fingerprint density at radius 1 is 1.19 bits per heavy atom. The van der Waals surface area contributed by atoms with Crippen LogP contribution < -0.4 is 5.63 Å². The van der Waals surface area contributed by atoms with Crippen molar-refractivity contribution in [3.05, 3.63) is 51.6 Å². The highest BCUT2D eigenvalue weighted by atomic mass is 32.1. The molecule has 0 fully saturated rings. The Balaban J connectivity index is 2.24. The first-order chi connectivity index (χ1) is 7.83. The summed E-state index contributed by atoms with van der Waals surface area (Å²) in [5.41, 5.74) is 4.05. The van der Waals surface area contributed by atoms with E-state index in [4.69, 9.17) is 4.42 Å². The van der Waals surface area contributed by atoms with Gasteiger partial charge in [-0.05, 0) is 24.3 Å². The van der Waals surface area contributed by atoms with Crippen LogP contribution in [-0.2, 0) is 0 Å². The molecule has 2 aromatic heterocycles. The first-order valence-electron chi connectivity index (χ1n) is 4.75. The maximum Gasteiger partial charge on any atom is 0.336 e. The molecular formula is C12H7NO2S. The van der Waals surface area contributed by atoms with Crippen LogP contribution in [0, 0.1) is 0 Å². The molecule has 1 aromatic carbocycles. The number of benzene rings is 1. The molecule has 0 amide bonds. The van der Waals surface area contributed by atoms with E-state index in [-0.39, 0.29) is 5.63 Å². The minimum Gasteiger partial charge on any atom is -0.423 e. The average molecular weight is 229 g/mol. The molecule has 0 saturated carbocycles. The predicted molar refractivity (Wildman–Crippen MR) is 63.6 cm³/mol. The maximum absolute atomic E-state index is 11.0. The Bertz CT molecular complexity index is 686. The van der Waals surface area contributed by atoms with E-state index < -0.39 is 0 Å². The second kappa shape index (κ2) is 3.57. The number of fused-ring (bicyclic) bond motifs is 1. The Morgan fingerprint density at radius 2 is 2.12 bits per heavy atom. The maximum atomic E-state index is 11.0. The zero-order valence-corrected chi connectivity index (χ0v) is 9.03. The molecule has 0 N–H and O–H groups in total. The predicted octanol–water partition coefficient (Wildman–Crippen LogP) is 2.92. The van der Waals surface area contributed by atoms with Crippen molar-refractivity contribution >= 4 is 22.3 Å². The Hall–Kier alpha value is -1.94. The van der Waals surface area contributed by atoms with Crippen molar-refractivity contribution in [2.45, 2.75) is 0 Å². The molecule has 3 nitrogen and oxygen atoms in total. The van der Waals surface area contributed by atoms with Gasteiger partial charge in [0.15, 0.2) is 0 Å². The summed E-state index contributed by atoms with van der Waals surface area (Å²) in [5, 5.41) is 2.89. The van der Waals surface area contributed by atoms with E-state index in [2.05, 4.69) is 4.98 Å². The second-order valence-corrected chi connectivity index (χ2v) is 4.10. The topological polar surface area (TPSA) is 43.1 Å². The molecule has 16 heavy (non-hydrogen) atoms. The SMILES string of the molecule is O=c1ccc2cc(-c3cscn3)ccc2o1. The van der Waals surface area contributed by atoms with Crippen LogP contribution in [0.15, 0.2) is 50.4 Å². The van der Waals surface area contributed by atoms with E-state index in [9.17, 15) is 4.79 Å². The lowest BCUT2D eigenvalue weighted by Crippen LogP contribution is -1.94. The Labute approximate surface area is 95.0 Å². The van der Waals surface area contributed by atoms with Crippen molar-refractivity contribution < 1.29 is 4.42 Å². The summed E-state index contributed by atoms with van der Waals surface area (Å²) in [4.78, 5) is 15.3. The van der Waals surface area contributed by atoms with Crippen LogP contribution in [-0.4, -0.2) is 4.98 Å². The van der Waals surface area contributed by atoms with Crippen molar-refractivity contribution in [3.8, 4) is 11.3 Å². The van der Waals surface area contributed by atoms with Gasteiger partial charge >= 0.3 is 5.63 Å². The lowest BCUT2D eigenvalue weighted by Gasteiger charge is -1.99. The van der Waals surface area contributed by atoms with E-state index in [1.807, 2.05) is 17.5 Å². The number of nitrogens with zero attached hydrogens (tertiary/aromatic N) is 1. The largest absolute Gasteiger partial charge is 0.423 e. The first-order valence-corrected chi connectivity index (χ1v) is 5.70. The molecule has 4 heteroatoms. The molecule has 2 heterocycles. The van der Waals surface area contributed by atoms with Crippen molar-refractivity contribution in [1.82, 2.24) is 4.98 Å². The summed E-state index contributed by atoms with van der Waals surface area (Å²) in [6.45, 7) is 0. The Kier molecular flexibility index (Phi) is 2.08. The number of thiazole rings is 1. The number of hydrogen-bond donors (Lipinski definition) is 0. The third kappa shape index (κ3) is 1.53. The average Bonchev–Trinajstić information content (AvgIpc) is 2.82. The van der Waals surface area contributed by atoms with Crippen molar-refractivity contribution in [2.24, 2.45) is 0 Å². The fourth-order valence-electron chi connectivity index (χ4n) is 1.59. The molecule has 0 aliphatic carbocycles. The third-order valence-corrected chi connectivity index (χ3v) is 2.93. The molecule has 0 aliphatic heterocycles. The van der Waals surface area contributed by atoms with E-state index in [1.165, 1.54) is 6.07 Å². The highest BCUT2D eigenvalue weighted by Gasteiger charge is 2.02. The molecule has 78 valence electrons. The molecule has 3 rings (SSSR count). The van der Waals surface area contributed by atoms with Gasteiger partial charge in [0.05, 0.1) is 11.2 Å². The van der Waals surface area contributed by atoms with Gasteiger partial charge in [0.25, 0.3) is 0 Å². The fraction of sp³-hybridized carbons (Fsp3) is 0. The normalized spacial score (nSPS) is 10.8. The monoisotopic (exact) mass is 229 g/mol. The minimum absolute atomic E-state index is 0.325. The molecule has 0 radical (unpaired) electrons. The summed E-state index contributed by atoms with van der Waals surface area (Å²) in [5.74, 6) is 0. The number of rotatable bonds is 1. The van der Waals surface area contributed by atoms with Crippen LogP contribution in [0.5, 0.6) is 0 Å². The van der Waals surface area contributed by atoms with Crippen LogP contribution in [0.25, 0.3) is 22.2 Å². The van der Waals surface area contributed by atoms with Gasteiger partial charge in [-0.15, -0.1) is 11.3 Å². The van der Waals surface area contributed by atoms with E-state index >= 15 is 0 Å². The van der Waals surface area contributed by atoms with E-state index in [1.54, 1.807) is 29.0 Å². The molecule has 0 aliphatic rings. The molecule has 0 atom stereocenters. The lowest BCUT2D eigenvalue weighted by molar-refractivity contribution is 0.561. The van der Waals surface area contributed by atoms with Gasteiger partial charge in [-0.25, -0.2) is 9.78 Å². The number of aromatic nitrogens is 1. The summed E-state index contributed by atoms with van der Waals surface area (Å²) >= 11 is 1.56. The van der Waals surface area contributed by atoms with E-state index in [0.717, 1.165) is 16.6 Å².